The van der Waals surface area contributed by atoms with Crippen LogP contribution in [0.3, 0.4) is 0 Å². The number of hydrogen-bond acceptors (Lipinski definition) is 3. The van der Waals surface area contributed by atoms with E-state index in [1.165, 1.54) is 0 Å². The Morgan fingerprint density at radius 1 is 1.40 bits per heavy atom. The normalized spacial score (nSPS) is 18.2. The predicted molar refractivity (Wildman–Crippen MR) is 42.9 cm³/mol. The van der Waals surface area contributed by atoms with E-state index in [1.54, 1.807) is 0 Å². The van der Waals surface area contributed by atoms with Crippen molar-refractivity contribution in [2.24, 2.45) is 0 Å². The molecule has 0 radical (unpaired) electrons. The zero-order valence-corrected chi connectivity index (χ0v) is 7.09. The van der Waals surface area contributed by atoms with Crippen molar-refractivity contribution in [3.63, 3.8) is 0 Å². The Kier molecular flexibility index (Phi) is 9.33. The molecule has 1 heterocycles. The maximum atomic E-state index is 10.5. The Morgan fingerprint density at radius 3 is 2.80 bits per heavy atom. The second-order valence-corrected chi connectivity index (χ2v) is 1.77. The van der Waals surface area contributed by atoms with Crippen LogP contribution in [-0.4, -0.2) is 25.7 Å². The third-order valence-corrected chi connectivity index (χ3v) is 1.05. The zero-order chi connectivity index (χ0) is 5.82. The maximum Gasteiger partial charge on any atom is 0.148 e. The molecule has 0 aromatic heterocycles. The summed E-state index contributed by atoms with van der Waals surface area (Å²) in [5, 5.41) is 2.83. The van der Waals surface area contributed by atoms with Crippen molar-refractivity contribution in [3.8, 4) is 0 Å². The molecule has 0 spiro atoms. The van der Waals surface area contributed by atoms with Crippen molar-refractivity contribution < 1.29 is 9.53 Å². The van der Waals surface area contributed by atoms with E-state index in [-0.39, 0.29) is 30.6 Å². The van der Waals surface area contributed by atoms with Crippen LogP contribution < -0.4 is 5.32 Å². The molecule has 62 valence electrons. The van der Waals surface area contributed by atoms with Gasteiger partial charge in [-0.2, -0.15) is 0 Å². The Balaban J connectivity index is 0. The van der Waals surface area contributed by atoms with Gasteiger partial charge in [0.15, 0.2) is 0 Å². The number of ketones is 1. The monoisotopic (exact) mass is 187 g/mol. The van der Waals surface area contributed by atoms with Gasteiger partial charge in [-0.05, 0) is 0 Å². The molecule has 0 bridgehead atoms. The summed E-state index contributed by atoms with van der Waals surface area (Å²) in [6.45, 7) is 1.57. The van der Waals surface area contributed by atoms with Crippen molar-refractivity contribution in [1.82, 2.24) is 5.32 Å². The molecule has 0 atom stereocenters. The number of carbonyl (C=O) groups excluding carboxylic acids is 1. The van der Waals surface area contributed by atoms with Gasteiger partial charge in [-0.15, -0.1) is 24.8 Å². The van der Waals surface area contributed by atoms with Crippen molar-refractivity contribution in [2.45, 2.75) is 6.42 Å². The molecule has 1 aliphatic rings. The highest BCUT2D eigenvalue weighted by atomic mass is 35.5. The van der Waals surface area contributed by atoms with Gasteiger partial charge in [0.25, 0.3) is 0 Å². The lowest BCUT2D eigenvalue weighted by molar-refractivity contribution is -0.118. The van der Waals surface area contributed by atoms with Gasteiger partial charge in [0.1, 0.15) is 5.78 Å². The zero-order valence-electron chi connectivity index (χ0n) is 5.46. The van der Waals surface area contributed by atoms with E-state index >= 15 is 0 Å². The lowest BCUT2D eigenvalue weighted by atomic mass is 10.3. The number of ether oxygens (including phenoxy) is 1. The van der Waals surface area contributed by atoms with Crippen LogP contribution >= 0.6 is 24.8 Å². The summed E-state index contributed by atoms with van der Waals surface area (Å²) < 4.78 is 4.93. The number of Topliss-reactive ketones (excluding diaryl/α,β-unsaturated/α-hetero) is 1. The molecule has 0 aliphatic carbocycles. The van der Waals surface area contributed by atoms with Crippen molar-refractivity contribution in [1.29, 1.82) is 0 Å². The minimum absolute atomic E-state index is 0. The minimum Gasteiger partial charge on any atom is -0.366 e. The summed E-state index contributed by atoms with van der Waals surface area (Å²) in [7, 11) is 0. The molecule has 0 unspecified atom stereocenters. The Labute approximate surface area is 72.3 Å². The average Bonchev–Trinajstić information content (AvgIpc) is 1.94. The molecular weight excluding hydrogens is 177 g/mol. The first-order valence-corrected chi connectivity index (χ1v) is 2.70. The number of halogens is 2. The molecule has 0 amide bonds. The summed E-state index contributed by atoms with van der Waals surface area (Å²) in [6, 6.07) is 0. The van der Waals surface area contributed by atoms with Crippen molar-refractivity contribution in [2.75, 3.05) is 19.9 Å². The highest BCUT2D eigenvalue weighted by Crippen LogP contribution is 1.87. The first-order chi connectivity index (χ1) is 3.89. The van der Waals surface area contributed by atoms with Crippen LogP contribution in [0.5, 0.6) is 0 Å². The number of hydrogen-bond donors (Lipinski definition) is 1. The smallest absolute Gasteiger partial charge is 0.148 e. The predicted octanol–water partition coefficient (Wildman–Crippen LogP) is 0.366. The third kappa shape index (κ3) is 4.99. The highest BCUT2D eigenvalue weighted by molar-refractivity contribution is 5.85. The molecule has 0 aromatic carbocycles. The van der Waals surface area contributed by atoms with Gasteiger partial charge >= 0.3 is 0 Å². The SMILES string of the molecule is Cl.Cl.O=C1CCOCNC1. The molecule has 5 heteroatoms. The fraction of sp³-hybridized carbons (Fsp3) is 0.800. The van der Waals surface area contributed by atoms with Crippen molar-refractivity contribution >= 4 is 30.6 Å². The Bertz CT molecular complexity index is 89.6. The van der Waals surface area contributed by atoms with E-state index < -0.39 is 0 Å². The topological polar surface area (TPSA) is 38.3 Å². The lowest BCUT2D eigenvalue weighted by Crippen LogP contribution is -2.20. The Morgan fingerprint density at radius 2 is 2.10 bits per heavy atom. The molecule has 1 rings (SSSR count). The summed E-state index contributed by atoms with van der Waals surface area (Å²) >= 11 is 0. The van der Waals surface area contributed by atoms with Crippen LogP contribution in [0.1, 0.15) is 6.42 Å². The summed E-state index contributed by atoms with van der Waals surface area (Å²) in [6.07, 6.45) is 0.562. The highest BCUT2D eigenvalue weighted by Gasteiger charge is 2.04. The second kappa shape index (κ2) is 7.28. The van der Waals surface area contributed by atoms with E-state index in [4.69, 9.17) is 4.74 Å². The average molecular weight is 188 g/mol. The van der Waals surface area contributed by atoms with E-state index in [0.717, 1.165) is 0 Å². The van der Waals surface area contributed by atoms with E-state index in [9.17, 15) is 4.79 Å². The van der Waals surface area contributed by atoms with Gasteiger partial charge in [0, 0.05) is 6.42 Å². The lowest BCUT2D eigenvalue weighted by Gasteiger charge is -1.93. The third-order valence-electron chi connectivity index (χ3n) is 1.05. The van der Waals surface area contributed by atoms with Crippen molar-refractivity contribution in [3.05, 3.63) is 0 Å². The number of nitrogens with one attached hydrogen (secondary N) is 1. The molecular formula is C5H11Cl2NO2. The summed E-state index contributed by atoms with van der Waals surface area (Å²) in [4.78, 5) is 10.5. The van der Waals surface area contributed by atoms with E-state index in [2.05, 4.69) is 5.32 Å². The quantitative estimate of drug-likeness (QED) is 0.596. The summed E-state index contributed by atoms with van der Waals surface area (Å²) in [5.41, 5.74) is 0. The largest absolute Gasteiger partial charge is 0.366 e. The molecule has 0 aromatic rings. The van der Waals surface area contributed by atoms with Crippen LogP contribution in [0, 0.1) is 0 Å². The number of rotatable bonds is 0. The molecule has 1 saturated heterocycles. The van der Waals surface area contributed by atoms with Gasteiger partial charge in [-0.1, -0.05) is 0 Å². The molecule has 0 saturated carbocycles. The van der Waals surface area contributed by atoms with E-state index in [0.29, 0.717) is 26.3 Å². The van der Waals surface area contributed by atoms with Gasteiger partial charge < -0.3 is 4.74 Å². The molecule has 10 heavy (non-hydrogen) atoms. The second-order valence-electron chi connectivity index (χ2n) is 1.77. The van der Waals surface area contributed by atoms with Crippen LogP contribution in [0.25, 0.3) is 0 Å². The Hall–Kier alpha value is 0.170. The number of carbonyl (C=O) groups is 1. The first kappa shape index (κ1) is 12.8. The van der Waals surface area contributed by atoms with Crippen LogP contribution in [0.2, 0.25) is 0 Å². The molecule has 1 N–H and O–H groups in total. The fourth-order valence-corrected chi connectivity index (χ4v) is 0.609. The molecule has 1 aliphatic heterocycles. The van der Waals surface area contributed by atoms with Gasteiger partial charge in [-0.3, -0.25) is 10.1 Å². The van der Waals surface area contributed by atoms with Gasteiger partial charge in [0.05, 0.1) is 19.9 Å². The van der Waals surface area contributed by atoms with Crippen LogP contribution in [0.4, 0.5) is 0 Å². The first-order valence-electron chi connectivity index (χ1n) is 2.70. The molecule has 1 fully saturated rings. The van der Waals surface area contributed by atoms with Crippen LogP contribution in [0.15, 0.2) is 0 Å². The maximum absolute atomic E-state index is 10.5. The van der Waals surface area contributed by atoms with Gasteiger partial charge in [0.2, 0.25) is 0 Å². The standard InChI is InChI=1S/C5H9NO2.2ClH/c7-5-1-2-8-4-6-3-5;;/h6H,1-4H2;2*1H. The summed E-state index contributed by atoms with van der Waals surface area (Å²) in [5.74, 6) is 0.238. The minimum atomic E-state index is 0. The fourth-order valence-electron chi connectivity index (χ4n) is 0.609. The van der Waals surface area contributed by atoms with E-state index in [1.807, 2.05) is 0 Å². The van der Waals surface area contributed by atoms with Gasteiger partial charge in [-0.25, -0.2) is 0 Å². The van der Waals surface area contributed by atoms with Crippen LogP contribution in [-0.2, 0) is 9.53 Å². The molecule has 3 nitrogen and oxygen atoms in total.